The summed E-state index contributed by atoms with van der Waals surface area (Å²) in [5.74, 6) is 0. The predicted molar refractivity (Wildman–Crippen MR) is 54.2 cm³/mol. The average molecular weight is 166 g/mol. The minimum atomic E-state index is -1.36. The normalized spacial score (nSPS) is 14.2. The topological polar surface area (TPSA) is 0 Å². The first kappa shape index (κ1) is 6.01. The zero-order valence-corrected chi connectivity index (χ0v) is 8.65. The summed E-state index contributed by atoms with van der Waals surface area (Å²) in [5.41, 5.74) is 0.780. The largest absolute Gasteiger partial charge is 0.0775 e. The highest BCUT2D eigenvalue weighted by Gasteiger charge is 2.14. The molecule has 0 radical (unpaired) electrons. The molecule has 0 saturated carbocycles. The first-order valence-electron chi connectivity index (χ1n) is 4.90. The van der Waals surface area contributed by atoms with E-state index in [0.717, 1.165) is 5.56 Å². The Morgan fingerprint density at radius 2 is 1.64 bits per heavy atom. The van der Waals surface area contributed by atoms with E-state index >= 15 is 0 Å². The molecule has 0 saturated heterocycles. The van der Waals surface area contributed by atoms with E-state index in [9.17, 15) is 0 Å². The Labute approximate surface area is 73.1 Å². The van der Waals surface area contributed by atoms with Crippen LogP contribution in [0, 0.1) is 6.92 Å². The van der Waals surface area contributed by atoms with E-state index in [4.69, 9.17) is 2.74 Å². The summed E-state index contributed by atoms with van der Waals surface area (Å²) in [4.78, 5) is 0. The Balaban J connectivity index is 3.29. The molecule has 0 aliphatic carbocycles. The van der Waals surface area contributed by atoms with Gasteiger partial charge in [0, 0.05) is 0 Å². The van der Waals surface area contributed by atoms with Gasteiger partial charge >= 0.3 is 0 Å². The lowest BCUT2D eigenvalue weighted by atomic mass is 10.2. The molecule has 0 nitrogen and oxygen atoms in total. The van der Waals surface area contributed by atoms with Gasteiger partial charge in [0.2, 0.25) is 0 Å². The molecule has 0 atom stereocenters. The van der Waals surface area contributed by atoms with Crippen molar-refractivity contribution in [3.63, 3.8) is 0 Å². The molecule has 0 amide bonds. The summed E-state index contributed by atoms with van der Waals surface area (Å²) in [6, 6.07) is 4.84. The Morgan fingerprint density at radius 3 is 2.00 bits per heavy atom. The van der Waals surface area contributed by atoms with Gasteiger partial charge in [-0.3, -0.25) is 0 Å². The lowest BCUT2D eigenvalue weighted by Crippen LogP contribution is -2.37. The summed E-state index contributed by atoms with van der Waals surface area (Å²) >= 11 is 0. The highest BCUT2D eigenvalue weighted by atomic mass is 28.3. The van der Waals surface area contributed by atoms with Gasteiger partial charge in [-0.2, -0.15) is 0 Å². The van der Waals surface area contributed by atoms with Crippen LogP contribution in [0.1, 0.15) is 8.30 Å². The molecule has 11 heavy (non-hydrogen) atoms. The quantitative estimate of drug-likeness (QED) is 0.562. The number of hydrogen-bond acceptors (Lipinski definition) is 0. The zero-order valence-electron chi connectivity index (χ0n) is 9.65. The van der Waals surface area contributed by atoms with Crippen LogP contribution in [-0.2, 0) is 0 Å². The van der Waals surface area contributed by atoms with Gasteiger partial charge in [-0.25, -0.2) is 0 Å². The van der Waals surface area contributed by atoms with Crippen molar-refractivity contribution in [2.45, 2.75) is 26.6 Å². The Kier molecular flexibility index (Phi) is 1.54. The lowest BCUT2D eigenvalue weighted by Gasteiger charge is -2.16. The van der Waals surface area contributed by atoms with Crippen LogP contribution in [-0.4, -0.2) is 8.07 Å². The SMILES string of the molecule is [2H]c1cc([Si](C)(C)C)cc([2H])c1C. The molecular weight excluding hydrogens is 148 g/mol. The number of hydrogen-bond donors (Lipinski definition) is 0. The minimum Gasteiger partial charge on any atom is -0.0656 e. The maximum Gasteiger partial charge on any atom is 0.0775 e. The molecule has 1 aromatic rings. The van der Waals surface area contributed by atoms with Crippen LogP contribution >= 0.6 is 0 Å². The van der Waals surface area contributed by atoms with Gasteiger partial charge in [-0.05, 0) is 6.92 Å². The molecule has 0 N–H and O–H groups in total. The van der Waals surface area contributed by atoms with Crippen LogP contribution in [0.3, 0.4) is 0 Å². The van der Waals surface area contributed by atoms with Crippen LogP contribution in [0.4, 0.5) is 0 Å². The summed E-state index contributed by atoms with van der Waals surface area (Å²) < 4.78 is 15.4. The summed E-state index contributed by atoms with van der Waals surface area (Å²) in [6.45, 7) is 8.53. The molecule has 0 fully saturated rings. The molecule has 0 bridgehead atoms. The first-order chi connectivity index (χ1) is 5.82. The monoisotopic (exact) mass is 166 g/mol. The molecule has 0 aliphatic heterocycles. The van der Waals surface area contributed by atoms with Gasteiger partial charge in [0.15, 0.2) is 0 Å². The van der Waals surface area contributed by atoms with E-state index in [1.165, 1.54) is 5.19 Å². The second-order valence-electron chi connectivity index (χ2n) is 3.91. The average Bonchev–Trinajstić information content (AvgIpc) is 1.97. The van der Waals surface area contributed by atoms with Crippen molar-refractivity contribution in [2.75, 3.05) is 0 Å². The van der Waals surface area contributed by atoms with Crippen molar-refractivity contribution in [3.05, 3.63) is 29.8 Å². The molecule has 0 heterocycles. The van der Waals surface area contributed by atoms with Gasteiger partial charge in [-0.15, -0.1) is 0 Å². The van der Waals surface area contributed by atoms with Crippen molar-refractivity contribution in [1.29, 1.82) is 0 Å². The Hall–Kier alpha value is -0.563. The highest BCUT2D eigenvalue weighted by molar-refractivity contribution is 6.88. The fraction of sp³-hybridized carbons (Fsp3) is 0.400. The smallest absolute Gasteiger partial charge is 0.0656 e. The van der Waals surface area contributed by atoms with Crippen molar-refractivity contribution in [2.24, 2.45) is 0 Å². The fourth-order valence-corrected chi connectivity index (χ4v) is 1.90. The molecule has 0 spiro atoms. The minimum absolute atomic E-state index is 0.505. The second kappa shape index (κ2) is 2.82. The van der Waals surface area contributed by atoms with Crippen LogP contribution in [0.2, 0.25) is 19.6 Å². The van der Waals surface area contributed by atoms with E-state index in [1.807, 2.05) is 19.1 Å². The maximum absolute atomic E-state index is 7.68. The summed E-state index contributed by atoms with van der Waals surface area (Å²) in [7, 11) is -1.36. The van der Waals surface area contributed by atoms with E-state index in [2.05, 4.69) is 19.6 Å². The number of benzene rings is 1. The van der Waals surface area contributed by atoms with Crippen molar-refractivity contribution >= 4 is 13.3 Å². The molecule has 0 aliphatic rings. The predicted octanol–water partition coefficient (Wildman–Crippen LogP) is 2.54. The van der Waals surface area contributed by atoms with Gasteiger partial charge < -0.3 is 0 Å². The van der Waals surface area contributed by atoms with Gasteiger partial charge in [0.25, 0.3) is 0 Å². The van der Waals surface area contributed by atoms with Crippen molar-refractivity contribution in [1.82, 2.24) is 0 Å². The van der Waals surface area contributed by atoms with Gasteiger partial charge in [0.1, 0.15) is 0 Å². The zero-order chi connectivity index (χ0) is 10.2. The standard InChI is InChI=1S/C10H16Si/c1-9-5-7-10(8-6-9)11(2,3)4/h5-8H,1-4H3/i5D,6D. The van der Waals surface area contributed by atoms with E-state index in [1.54, 1.807) is 0 Å². The van der Waals surface area contributed by atoms with Crippen LogP contribution in [0.15, 0.2) is 24.2 Å². The molecule has 0 aromatic heterocycles. The highest BCUT2D eigenvalue weighted by Crippen LogP contribution is 2.03. The lowest BCUT2D eigenvalue weighted by molar-refractivity contribution is 1.48. The third-order valence-corrected chi connectivity index (χ3v) is 3.78. The van der Waals surface area contributed by atoms with Crippen molar-refractivity contribution in [3.8, 4) is 0 Å². The second-order valence-corrected chi connectivity index (χ2v) is 8.99. The van der Waals surface area contributed by atoms with Crippen LogP contribution < -0.4 is 5.19 Å². The van der Waals surface area contributed by atoms with Crippen LogP contribution in [0.5, 0.6) is 0 Å². The third-order valence-electron chi connectivity index (χ3n) is 1.75. The fourth-order valence-electron chi connectivity index (χ4n) is 0.888. The molecule has 1 aromatic carbocycles. The van der Waals surface area contributed by atoms with Crippen molar-refractivity contribution < 1.29 is 2.74 Å². The molecule has 60 valence electrons. The summed E-state index contributed by atoms with van der Waals surface area (Å²) in [6.07, 6.45) is 0. The Bertz CT molecular complexity index is 303. The molecule has 1 rings (SSSR count). The van der Waals surface area contributed by atoms with Gasteiger partial charge in [0.05, 0.1) is 10.8 Å². The van der Waals surface area contributed by atoms with Gasteiger partial charge in [-0.1, -0.05) is 54.6 Å². The van der Waals surface area contributed by atoms with E-state index in [0.29, 0.717) is 12.1 Å². The molecule has 0 unspecified atom stereocenters. The Morgan fingerprint density at radius 1 is 1.18 bits per heavy atom. The van der Waals surface area contributed by atoms with Crippen LogP contribution in [0.25, 0.3) is 0 Å². The maximum atomic E-state index is 7.68. The number of rotatable bonds is 1. The third kappa shape index (κ3) is 2.19. The molecule has 1 heteroatoms. The summed E-state index contributed by atoms with van der Waals surface area (Å²) in [5, 5.41) is 1.20. The first-order valence-corrected chi connectivity index (χ1v) is 7.40. The van der Waals surface area contributed by atoms with E-state index in [-0.39, 0.29) is 0 Å². The van der Waals surface area contributed by atoms with E-state index < -0.39 is 8.07 Å². The molecular formula is C10H16Si.